The van der Waals surface area contributed by atoms with Gasteiger partial charge in [0.25, 0.3) is 11.8 Å². The van der Waals surface area contributed by atoms with E-state index < -0.39 is 22.9 Å². The number of hydrogen-bond acceptors (Lipinski definition) is 6. The molecule has 4 aromatic rings. The Morgan fingerprint density at radius 2 is 1.84 bits per heavy atom. The van der Waals surface area contributed by atoms with E-state index in [1.54, 1.807) is 24.3 Å². The Labute approximate surface area is 213 Å². The zero-order chi connectivity index (χ0) is 26.2. The molecule has 1 aliphatic rings. The molecule has 0 aliphatic heterocycles. The van der Waals surface area contributed by atoms with Crippen LogP contribution >= 0.6 is 11.3 Å². The van der Waals surface area contributed by atoms with Gasteiger partial charge in [-0.3, -0.25) is 9.59 Å². The number of carbonyl (C=O) groups excluding carboxylic acids is 2. The quantitative estimate of drug-likeness (QED) is 0.387. The van der Waals surface area contributed by atoms with Crippen molar-refractivity contribution in [3.05, 3.63) is 93.4 Å². The Bertz CT molecular complexity index is 1570. The summed E-state index contributed by atoms with van der Waals surface area (Å²) in [5.74, 6) is -1.00. The lowest BCUT2D eigenvalue weighted by Gasteiger charge is -2.14. The summed E-state index contributed by atoms with van der Waals surface area (Å²) in [7, 11) is 0. The van der Waals surface area contributed by atoms with Crippen molar-refractivity contribution in [3.8, 4) is 6.07 Å². The van der Waals surface area contributed by atoms with Gasteiger partial charge in [-0.25, -0.2) is 9.97 Å². The van der Waals surface area contributed by atoms with Gasteiger partial charge in [0.2, 0.25) is 0 Å². The van der Waals surface area contributed by atoms with Crippen molar-refractivity contribution in [1.29, 1.82) is 5.26 Å². The number of nitriles is 1. The van der Waals surface area contributed by atoms with E-state index in [4.69, 9.17) is 5.26 Å². The molecule has 2 heterocycles. The largest absolute Gasteiger partial charge is 0.425 e. The molecular weight excluding hydrogens is 503 g/mol. The molecule has 0 unspecified atom stereocenters. The Morgan fingerprint density at radius 1 is 1.05 bits per heavy atom. The molecule has 0 saturated heterocycles. The van der Waals surface area contributed by atoms with Gasteiger partial charge in [0.05, 0.1) is 17.7 Å². The van der Waals surface area contributed by atoms with Crippen molar-refractivity contribution in [2.45, 2.75) is 31.6 Å². The van der Waals surface area contributed by atoms with E-state index in [0.717, 1.165) is 29.9 Å². The summed E-state index contributed by atoms with van der Waals surface area (Å²) in [6.07, 6.45) is -1.85. The Balaban J connectivity index is 1.24. The molecule has 2 aromatic heterocycles. The first-order chi connectivity index (χ1) is 17.7. The summed E-state index contributed by atoms with van der Waals surface area (Å²) in [4.78, 5) is 32.7. The van der Waals surface area contributed by atoms with Crippen molar-refractivity contribution in [1.82, 2.24) is 20.6 Å². The number of halogens is 3. The smallest absolute Gasteiger partial charge is 0.347 e. The van der Waals surface area contributed by atoms with E-state index in [0.29, 0.717) is 39.0 Å². The fourth-order valence-corrected chi connectivity index (χ4v) is 5.27. The fourth-order valence-electron chi connectivity index (χ4n) is 4.27. The third-order valence-electron chi connectivity index (χ3n) is 6.10. The van der Waals surface area contributed by atoms with Gasteiger partial charge in [-0.05, 0) is 59.2 Å². The molecule has 37 heavy (non-hydrogen) atoms. The van der Waals surface area contributed by atoms with E-state index in [-0.39, 0.29) is 24.0 Å². The van der Waals surface area contributed by atoms with Crippen LogP contribution < -0.4 is 10.6 Å². The van der Waals surface area contributed by atoms with Gasteiger partial charge in [-0.15, -0.1) is 11.3 Å². The van der Waals surface area contributed by atoms with Crippen molar-refractivity contribution in [3.63, 3.8) is 0 Å². The minimum atomic E-state index is -4.41. The van der Waals surface area contributed by atoms with Gasteiger partial charge in [-0.1, -0.05) is 18.2 Å². The van der Waals surface area contributed by atoms with Crippen LogP contribution in [-0.2, 0) is 19.1 Å². The average Bonchev–Trinajstić information content (AvgIpc) is 3.51. The van der Waals surface area contributed by atoms with Gasteiger partial charge < -0.3 is 10.6 Å². The summed E-state index contributed by atoms with van der Waals surface area (Å²) in [6, 6.07) is 14.5. The van der Waals surface area contributed by atoms with Gasteiger partial charge in [-0.2, -0.15) is 18.4 Å². The van der Waals surface area contributed by atoms with Crippen molar-refractivity contribution in [2.24, 2.45) is 0 Å². The summed E-state index contributed by atoms with van der Waals surface area (Å²) in [5, 5.41) is 15.1. The van der Waals surface area contributed by atoms with Gasteiger partial charge in [0.15, 0.2) is 0 Å². The second-order valence-corrected chi connectivity index (χ2v) is 9.63. The second kappa shape index (κ2) is 9.63. The SMILES string of the molecule is N#Cc1ccc2c(c1)CC[C@H]2NC(=O)c1cc(C(=O)NCc2ccc3cc(C(F)(F)F)sc3c2)ncn1. The van der Waals surface area contributed by atoms with Crippen LogP contribution in [0.1, 0.15) is 60.6 Å². The Morgan fingerprint density at radius 3 is 2.59 bits per heavy atom. The molecule has 0 fully saturated rings. The van der Waals surface area contributed by atoms with Crippen LogP contribution in [0.15, 0.2) is 54.9 Å². The van der Waals surface area contributed by atoms with Crippen LogP contribution in [0.3, 0.4) is 0 Å². The lowest BCUT2D eigenvalue weighted by Crippen LogP contribution is -2.29. The third kappa shape index (κ3) is 5.15. The molecule has 0 spiro atoms. The highest BCUT2D eigenvalue weighted by molar-refractivity contribution is 7.19. The van der Waals surface area contributed by atoms with Crippen LogP contribution in [-0.4, -0.2) is 21.8 Å². The van der Waals surface area contributed by atoms with Crippen molar-refractivity contribution in [2.75, 3.05) is 0 Å². The molecule has 7 nitrogen and oxygen atoms in total. The number of hydrogen-bond donors (Lipinski definition) is 2. The highest BCUT2D eigenvalue weighted by Crippen LogP contribution is 2.38. The first-order valence-corrected chi connectivity index (χ1v) is 12.1. The fraction of sp³-hybridized carbons (Fsp3) is 0.192. The van der Waals surface area contributed by atoms with Gasteiger partial charge in [0.1, 0.15) is 22.6 Å². The lowest BCUT2D eigenvalue weighted by atomic mass is 10.1. The molecule has 1 aliphatic carbocycles. The Hall–Kier alpha value is -4.30. The third-order valence-corrected chi connectivity index (χ3v) is 7.25. The average molecular weight is 522 g/mol. The summed E-state index contributed by atoms with van der Waals surface area (Å²) in [5.41, 5.74) is 3.18. The number of aryl methyl sites for hydroxylation is 1. The number of benzene rings is 2. The van der Waals surface area contributed by atoms with Gasteiger partial charge >= 0.3 is 6.18 Å². The highest BCUT2D eigenvalue weighted by atomic mass is 32.1. The normalized spacial score (nSPS) is 14.7. The number of nitrogens with one attached hydrogen (secondary N) is 2. The lowest BCUT2D eigenvalue weighted by molar-refractivity contribution is -0.134. The van der Waals surface area contributed by atoms with E-state index in [2.05, 4.69) is 26.7 Å². The monoisotopic (exact) mass is 521 g/mol. The van der Waals surface area contributed by atoms with Gasteiger partial charge in [0, 0.05) is 17.3 Å². The summed E-state index contributed by atoms with van der Waals surface area (Å²) >= 11 is 0.648. The zero-order valence-corrected chi connectivity index (χ0v) is 19.9. The highest BCUT2D eigenvalue weighted by Gasteiger charge is 2.32. The number of thiophene rings is 1. The minimum absolute atomic E-state index is 0.0119. The molecule has 186 valence electrons. The number of amides is 2. The first-order valence-electron chi connectivity index (χ1n) is 11.2. The molecular formula is C26H18F3N5O2S. The van der Waals surface area contributed by atoms with Crippen LogP contribution in [0.25, 0.3) is 10.1 Å². The number of alkyl halides is 3. The van der Waals surface area contributed by atoms with E-state index in [1.165, 1.54) is 6.07 Å². The summed E-state index contributed by atoms with van der Waals surface area (Å²) in [6.45, 7) is 0.0725. The minimum Gasteiger partial charge on any atom is -0.347 e. The van der Waals surface area contributed by atoms with Crippen LogP contribution in [0.2, 0.25) is 0 Å². The maximum Gasteiger partial charge on any atom is 0.425 e. The molecule has 0 radical (unpaired) electrons. The maximum atomic E-state index is 13.0. The Kier molecular flexibility index (Phi) is 6.35. The zero-order valence-electron chi connectivity index (χ0n) is 19.1. The molecule has 2 aromatic carbocycles. The van der Waals surface area contributed by atoms with Crippen molar-refractivity contribution >= 4 is 33.2 Å². The number of carbonyl (C=O) groups is 2. The van der Waals surface area contributed by atoms with E-state index >= 15 is 0 Å². The molecule has 5 rings (SSSR count). The topological polar surface area (TPSA) is 108 Å². The predicted molar refractivity (Wildman–Crippen MR) is 130 cm³/mol. The number of aromatic nitrogens is 2. The molecule has 2 N–H and O–H groups in total. The van der Waals surface area contributed by atoms with Crippen molar-refractivity contribution < 1.29 is 22.8 Å². The second-order valence-electron chi connectivity index (χ2n) is 8.54. The predicted octanol–water partition coefficient (Wildman–Crippen LogP) is 4.93. The van der Waals surface area contributed by atoms with Crippen LogP contribution in [0, 0.1) is 11.3 Å². The van der Waals surface area contributed by atoms with Crippen LogP contribution in [0.5, 0.6) is 0 Å². The maximum absolute atomic E-state index is 13.0. The number of rotatable bonds is 5. The summed E-state index contributed by atoms with van der Waals surface area (Å²) < 4.78 is 39.4. The van der Waals surface area contributed by atoms with Crippen LogP contribution in [0.4, 0.5) is 13.2 Å². The van der Waals surface area contributed by atoms with E-state index in [1.807, 2.05) is 12.1 Å². The standard InChI is InChI=1S/C26H18F3N5O2S/c27-26(28,29)23-9-17-3-1-15(8-22(17)37-23)12-31-24(35)20-10-21(33-13-32-20)25(36)34-19-6-4-16-7-14(11-30)2-5-18(16)19/h1-3,5,7-10,13,19H,4,6,12H2,(H,31,35)(H,34,36)/t19-/m1/s1. The number of fused-ring (bicyclic) bond motifs is 2. The van der Waals surface area contributed by atoms with E-state index in [9.17, 15) is 22.8 Å². The first kappa shape index (κ1) is 24.4. The molecule has 2 amide bonds. The number of nitrogens with zero attached hydrogens (tertiary/aromatic N) is 3. The molecule has 0 saturated carbocycles. The molecule has 11 heteroatoms. The molecule has 1 atom stereocenters. The molecule has 0 bridgehead atoms.